The Labute approximate surface area is 155 Å². The Morgan fingerprint density at radius 1 is 1.15 bits per heavy atom. The third-order valence-corrected chi connectivity index (χ3v) is 4.22. The van der Waals surface area contributed by atoms with Crippen LogP contribution in [0.15, 0.2) is 34.7 Å². The second kappa shape index (κ2) is 8.05. The van der Waals surface area contributed by atoms with Gasteiger partial charge >= 0.3 is 5.97 Å². The molecule has 1 aromatic heterocycles. The van der Waals surface area contributed by atoms with Gasteiger partial charge in [-0.05, 0) is 37.1 Å². The van der Waals surface area contributed by atoms with Gasteiger partial charge in [0.1, 0.15) is 17.4 Å². The topological polar surface area (TPSA) is 118 Å². The van der Waals surface area contributed by atoms with E-state index in [9.17, 15) is 14.4 Å². The van der Waals surface area contributed by atoms with Crippen molar-refractivity contribution >= 4 is 29.2 Å². The summed E-state index contributed by atoms with van der Waals surface area (Å²) in [6.45, 7) is 2.34. The number of carbonyl (C=O) groups excluding carboxylic acids is 2. The van der Waals surface area contributed by atoms with E-state index in [2.05, 4.69) is 10.6 Å². The number of aryl methyl sites for hydroxylation is 1. The molecule has 0 bridgehead atoms. The lowest BCUT2D eigenvalue weighted by Gasteiger charge is -2.11. The molecule has 2 amide bonds. The minimum absolute atomic E-state index is 0.0187. The van der Waals surface area contributed by atoms with E-state index >= 15 is 0 Å². The van der Waals surface area contributed by atoms with Gasteiger partial charge in [0.2, 0.25) is 0 Å². The van der Waals surface area contributed by atoms with E-state index in [0.29, 0.717) is 30.8 Å². The SMILES string of the molecule is CCc1oc(C(=O)Nc2ccc(NC(=O)C3CCCO3)cc2)cc1C(=O)O. The number of benzene rings is 1. The maximum absolute atomic E-state index is 12.3. The van der Waals surface area contributed by atoms with E-state index in [1.165, 1.54) is 6.07 Å². The van der Waals surface area contributed by atoms with Crippen molar-refractivity contribution in [3.05, 3.63) is 47.4 Å². The molecule has 1 aromatic carbocycles. The van der Waals surface area contributed by atoms with Crippen molar-refractivity contribution in [2.45, 2.75) is 32.3 Å². The molecule has 1 saturated heterocycles. The fourth-order valence-corrected chi connectivity index (χ4v) is 2.82. The number of amides is 2. The van der Waals surface area contributed by atoms with Crippen molar-refractivity contribution in [3.8, 4) is 0 Å². The van der Waals surface area contributed by atoms with Crippen LogP contribution in [0.2, 0.25) is 0 Å². The van der Waals surface area contributed by atoms with Crippen LogP contribution in [0, 0.1) is 0 Å². The van der Waals surface area contributed by atoms with Gasteiger partial charge in [-0.3, -0.25) is 9.59 Å². The Morgan fingerprint density at radius 3 is 2.33 bits per heavy atom. The lowest BCUT2D eigenvalue weighted by atomic mass is 10.2. The highest BCUT2D eigenvalue weighted by atomic mass is 16.5. The van der Waals surface area contributed by atoms with E-state index < -0.39 is 18.0 Å². The molecule has 1 unspecified atom stereocenters. The molecule has 3 rings (SSSR count). The van der Waals surface area contributed by atoms with Crippen LogP contribution in [0.1, 0.15) is 46.4 Å². The van der Waals surface area contributed by atoms with Crippen LogP contribution in [0.25, 0.3) is 0 Å². The predicted octanol–water partition coefficient (Wildman–Crippen LogP) is 2.91. The van der Waals surface area contributed by atoms with E-state index in [0.717, 1.165) is 6.42 Å². The van der Waals surface area contributed by atoms with Crippen LogP contribution in [0.4, 0.5) is 11.4 Å². The first-order chi connectivity index (χ1) is 13.0. The minimum atomic E-state index is -1.14. The maximum atomic E-state index is 12.3. The van der Waals surface area contributed by atoms with Crippen LogP contribution < -0.4 is 10.6 Å². The largest absolute Gasteiger partial charge is 0.478 e. The average Bonchev–Trinajstić information content (AvgIpc) is 3.33. The van der Waals surface area contributed by atoms with Crippen molar-refractivity contribution in [1.29, 1.82) is 0 Å². The summed E-state index contributed by atoms with van der Waals surface area (Å²) in [6, 6.07) is 7.79. The number of carboxylic acids is 1. The molecule has 27 heavy (non-hydrogen) atoms. The second-order valence-corrected chi connectivity index (χ2v) is 6.13. The number of aromatic carboxylic acids is 1. The first kappa shape index (κ1) is 18.7. The number of hydrogen-bond acceptors (Lipinski definition) is 5. The summed E-state index contributed by atoms with van der Waals surface area (Å²) in [5, 5.41) is 14.5. The highest BCUT2D eigenvalue weighted by Crippen LogP contribution is 2.20. The number of carbonyl (C=O) groups is 3. The number of anilines is 2. The average molecular weight is 372 g/mol. The first-order valence-corrected chi connectivity index (χ1v) is 8.67. The molecule has 0 saturated carbocycles. The lowest BCUT2D eigenvalue weighted by Crippen LogP contribution is -2.26. The molecule has 1 atom stereocenters. The van der Waals surface area contributed by atoms with Gasteiger partial charge in [0.05, 0.1) is 0 Å². The van der Waals surface area contributed by atoms with Gasteiger partial charge in [0.15, 0.2) is 5.76 Å². The summed E-state index contributed by atoms with van der Waals surface area (Å²) >= 11 is 0. The Balaban J connectivity index is 1.63. The molecule has 1 aliphatic rings. The predicted molar refractivity (Wildman–Crippen MR) is 97.0 cm³/mol. The summed E-state index contributed by atoms with van der Waals surface area (Å²) in [7, 11) is 0. The van der Waals surface area contributed by atoms with Crippen LogP contribution >= 0.6 is 0 Å². The summed E-state index contributed by atoms with van der Waals surface area (Å²) in [6.07, 6.45) is 1.54. The highest BCUT2D eigenvalue weighted by Gasteiger charge is 2.23. The third-order valence-electron chi connectivity index (χ3n) is 4.22. The quantitative estimate of drug-likeness (QED) is 0.718. The van der Waals surface area contributed by atoms with Gasteiger partial charge in [-0.2, -0.15) is 0 Å². The Bertz CT molecular complexity index is 850. The van der Waals surface area contributed by atoms with E-state index in [-0.39, 0.29) is 23.0 Å². The van der Waals surface area contributed by atoms with E-state index in [4.69, 9.17) is 14.3 Å². The van der Waals surface area contributed by atoms with E-state index in [1.54, 1.807) is 31.2 Å². The molecular weight excluding hydrogens is 352 g/mol. The maximum Gasteiger partial charge on any atom is 0.339 e. The van der Waals surface area contributed by atoms with Crippen LogP contribution in [-0.4, -0.2) is 35.6 Å². The van der Waals surface area contributed by atoms with Crippen LogP contribution in [-0.2, 0) is 16.0 Å². The summed E-state index contributed by atoms with van der Waals surface area (Å²) in [5.41, 5.74) is 1.06. The summed E-state index contributed by atoms with van der Waals surface area (Å²) in [5.74, 6) is -1.69. The highest BCUT2D eigenvalue weighted by molar-refractivity contribution is 6.04. The number of furan rings is 1. The smallest absolute Gasteiger partial charge is 0.339 e. The molecule has 8 nitrogen and oxygen atoms in total. The third kappa shape index (κ3) is 4.35. The molecule has 2 heterocycles. The van der Waals surface area contributed by atoms with Crippen molar-refractivity contribution in [2.75, 3.05) is 17.2 Å². The molecule has 0 spiro atoms. The zero-order valence-corrected chi connectivity index (χ0v) is 14.8. The zero-order valence-electron chi connectivity index (χ0n) is 14.8. The summed E-state index contributed by atoms with van der Waals surface area (Å²) in [4.78, 5) is 35.4. The molecule has 1 fully saturated rings. The Hall–Kier alpha value is -3.13. The lowest BCUT2D eigenvalue weighted by molar-refractivity contribution is -0.124. The number of carboxylic acid groups (broad SMARTS) is 1. The van der Waals surface area contributed by atoms with Crippen LogP contribution in [0.3, 0.4) is 0 Å². The second-order valence-electron chi connectivity index (χ2n) is 6.13. The van der Waals surface area contributed by atoms with Crippen molar-refractivity contribution in [3.63, 3.8) is 0 Å². The number of ether oxygens (including phenoxy) is 1. The molecule has 8 heteroatoms. The van der Waals surface area contributed by atoms with Gasteiger partial charge < -0.3 is 24.9 Å². The standard InChI is InChI=1S/C19H20N2O6/c1-2-14-13(19(24)25)10-16(27-14)18(23)21-12-7-5-11(6-8-12)20-17(22)15-4-3-9-26-15/h5-8,10,15H,2-4,9H2,1H3,(H,20,22)(H,21,23)(H,24,25). The van der Waals surface area contributed by atoms with Gasteiger partial charge in [-0.25, -0.2) is 4.79 Å². The number of rotatable bonds is 6. The van der Waals surface area contributed by atoms with Crippen molar-refractivity contribution < 1.29 is 28.6 Å². The van der Waals surface area contributed by atoms with Gasteiger partial charge in [-0.1, -0.05) is 6.92 Å². The van der Waals surface area contributed by atoms with Gasteiger partial charge in [-0.15, -0.1) is 0 Å². The van der Waals surface area contributed by atoms with Gasteiger partial charge in [0, 0.05) is 30.5 Å². The van der Waals surface area contributed by atoms with E-state index in [1.807, 2.05) is 0 Å². The molecular formula is C19H20N2O6. The molecule has 2 aromatic rings. The fraction of sp³-hybridized carbons (Fsp3) is 0.316. The number of nitrogens with one attached hydrogen (secondary N) is 2. The molecule has 0 aliphatic carbocycles. The van der Waals surface area contributed by atoms with Crippen molar-refractivity contribution in [1.82, 2.24) is 0 Å². The first-order valence-electron chi connectivity index (χ1n) is 8.67. The minimum Gasteiger partial charge on any atom is -0.478 e. The Kier molecular flexibility index (Phi) is 5.56. The van der Waals surface area contributed by atoms with Gasteiger partial charge in [0.25, 0.3) is 11.8 Å². The molecule has 1 aliphatic heterocycles. The Morgan fingerprint density at radius 2 is 1.81 bits per heavy atom. The fourth-order valence-electron chi connectivity index (χ4n) is 2.82. The number of hydrogen-bond donors (Lipinski definition) is 3. The monoisotopic (exact) mass is 372 g/mol. The normalized spacial score (nSPS) is 16.1. The van der Waals surface area contributed by atoms with Crippen LogP contribution in [0.5, 0.6) is 0 Å². The zero-order chi connectivity index (χ0) is 19.4. The molecule has 142 valence electrons. The molecule has 0 radical (unpaired) electrons. The summed E-state index contributed by atoms with van der Waals surface area (Å²) < 4.78 is 10.7. The molecule has 3 N–H and O–H groups in total. The van der Waals surface area contributed by atoms with Crippen molar-refractivity contribution in [2.24, 2.45) is 0 Å².